The molecule has 8 aromatic rings. The van der Waals surface area contributed by atoms with Crippen molar-refractivity contribution in [1.29, 1.82) is 0 Å². The fourth-order valence-electron chi connectivity index (χ4n) is 6.70. The van der Waals surface area contributed by atoms with E-state index in [1.165, 1.54) is 38.6 Å². The molecule has 1 aliphatic heterocycles. The molecule has 3 heterocycles. The van der Waals surface area contributed by atoms with Gasteiger partial charge in [0.1, 0.15) is 22.3 Å². The van der Waals surface area contributed by atoms with Crippen LogP contribution in [0, 0.1) is 0 Å². The van der Waals surface area contributed by atoms with Crippen LogP contribution in [-0.4, -0.2) is 6.71 Å². The van der Waals surface area contributed by atoms with E-state index in [1.54, 1.807) is 0 Å². The van der Waals surface area contributed by atoms with Crippen molar-refractivity contribution in [2.24, 2.45) is 0 Å². The maximum atomic E-state index is 6.57. The average Bonchev–Trinajstić information content (AvgIpc) is 3.52. The van der Waals surface area contributed by atoms with Crippen molar-refractivity contribution in [3.05, 3.63) is 127 Å². The van der Waals surface area contributed by atoms with Gasteiger partial charge >= 0.3 is 0 Å². The number of fused-ring (bicyclic) bond motifs is 11. The summed E-state index contributed by atoms with van der Waals surface area (Å²) in [4.78, 5) is 0. The van der Waals surface area contributed by atoms with Crippen molar-refractivity contribution in [1.82, 2.24) is 0 Å². The minimum atomic E-state index is 0.0112. The molecular formula is C36H21BO2. The summed E-state index contributed by atoms with van der Waals surface area (Å²) < 4.78 is 12.9. The lowest BCUT2D eigenvalue weighted by Gasteiger charge is -2.18. The highest BCUT2D eigenvalue weighted by Gasteiger charge is 2.33. The first-order valence-electron chi connectivity index (χ1n) is 13.4. The Hall–Kier alpha value is -5.02. The van der Waals surface area contributed by atoms with Crippen LogP contribution in [0.1, 0.15) is 0 Å². The summed E-state index contributed by atoms with van der Waals surface area (Å²) in [5, 5.41) is 4.60. The Morgan fingerprint density at radius 2 is 0.897 bits per heavy atom. The summed E-state index contributed by atoms with van der Waals surface area (Å²) >= 11 is 0. The molecule has 0 radical (unpaired) electrons. The van der Waals surface area contributed by atoms with Gasteiger partial charge in [-0.25, -0.2) is 0 Å². The van der Waals surface area contributed by atoms with Gasteiger partial charge in [-0.15, -0.1) is 0 Å². The van der Waals surface area contributed by atoms with Crippen molar-refractivity contribution in [3.63, 3.8) is 0 Å². The van der Waals surface area contributed by atoms with Crippen LogP contribution in [0.2, 0.25) is 0 Å². The van der Waals surface area contributed by atoms with Gasteiger partial charge in [-0.05, 0) is 52.0 Å². The first-order chi connectivity index (χ1) is 19.3. The van der Waals surface area contributed by atoms with Crippen LogP contribution in [0.25, 0.3) is 66.1 Å². The molecule has 6 aromatic carbocycles. The summed E-state index contributed by atoms with van der Waals surface area (Å²) in [5.41, 5.74) is 12.4. The van der Waals surface area contributed by atoms with Crippen LogP contribution in [-0.2, 0) is 0 Å². The van der Waals surface area contributed by atoms with Gasteiger partial charge in [0.15, 0.2) is 0 Å². The van der Waals surface area contributed by atoms with Crippen LogP contribution in [0.15, 0.2) is 136 Å². The molecule has 0 saturated heterocycles. The van der Waals surface area contributed by atoms with Crippen LogP contribution >= 0.6 is 0 Å². The van der Waals surface area contributed by atoms with Crippen molar-refractivity contribution >= 4 is 67.0 Å². The standard InChI is InChI=1S/C36H21BO2/c1-5-15-30-22(10-1)27-20-29-25-13-4-7-18-33(25)38-35(29)21-28(27)23-11-2-6-16-31(23)37(30)32-17-9-14-26-24-12-3-8-19-34(24)39-36(26)32/h1-21H. The molecule has 0 unspecified atom stereocenters. The topological polar surface area (TPSA) is 26.3 Å². The largest absolute Gasteiger partial charge is 0.457 e. The van der Waals surface area contributed by atoms with Gasteiger partial charge in [0.05, 0.1) is 0 Å². The van der Waals surface area contributed by atoms with E-state index in [0.717, 1.165) is 43.9 Å². The Kier molecular flexibility index (Phi) is 4.17. The molecule has 180 valence electrons. The molecule has 0 amide bonds. The molecule has 0 atom stereocenters. The molecule has 0 fully saturated rings. The van der Waals surface area contributed by atoms with Crippen LogP contribution < -0.4 is 16.4 Å². The highest BCUT2D eigenvalue weighted by Crippen LogP contribution is 2.40. The highest BCUT2D eigenvalue weighted by molar-refractivity contribution is 6.98. The van der Waals surface area contributed by atoms with E-state index in [-0.39, 0.29) is 6.71 Å². The number of hydrogen-bond donors (Lipinski definition) is 0. The minimum Gasteiger partial charge on any atom is -0.457 e. The Bertz CT molecular complexity index is 2250. The van der Waals surface area contributed by atoms with E-state index in [1.807, 2.05) is 18.2 Å². The third kappa shape index (κ3) is 2.87. The highest BCUT2D eigenvalue weighted by atomic mass is 16.3. The third-order valence-electron chi connectivity index (χ3n) is 8.39. The lowest BCUT2D eigenvalue weighted by Crippen LogP contribution is -2.52. The molecule has 2 aromatic heterocycles. The molecule has 0 spiro atoms. The summed E-state index contributed by atoms with van der Waals surface area (Å²) in [5.74, 6) is 0. The molecule has 2 nitrogen and oxygen atoms in total. The molecule has 1 aliphatic rings. The third-order valence-corrected chi connectivity index (χ3v) is 8.39. The van der Waals surface area contributed by atoms with Crippen molar-refractivity contribution in [3.8, 4) is 22.3 Å². The molecule has 39 heavy (non-hydrogen) atoms. The Labute approximate surface area is 225 Å². The van der Waals surface area contributed by atoms with Crippen LogP contribution in [0.3, 0.4) is 0 Å². The fourth-order valence-corrected chi connectivity index (χ4v) is 6.70. The molecule has 0 saturated carbocycles. The van der Waals surface area contributed by atoms with E-state index in [9.17, 15) is 0 Å². The second-order valence-corrected chi connectivity index (χ2v) is 10.4. The van der Waals surface area contributed by atoms with Gasteiger partial charge in [-0.1, -0.05) is 114 Å². The maximum Gasteiger partial charge on any atom is 0.247 e. The predicted molar refractivity (Wildman–Crippen MR) is 163 cm³/mol. The lowest BCUT2D eigenvalue weighted by molar-refractivity contribution is 0.669. The normalized spacial score (nSPS) is 12.6. The van der Waals surface area contributed by atoms with Gasteiger partial charge in [-0.3, -0.25) is 0 Å². The van der Waals surface area contributed by atoms with Crippen molar-refractivity contribution in [2.75, 3.05) is 0 Å². The van der Waals surface area contributed by atoms with E-state index < -0.39 is 0 Å². The van der Waals surface area contributed by atoms with Gasteiger partial charge < -0.3 is 8.83 Å². The zero-order valence-electron chi connectivity index (χ0n) is 21.0. The quantitative estimate of drug-likeness (QED) is 0.218. The van der Waals surface area contributed by atoms with E-state index in [2.05, 4.69) is 109 Å². The van der Waals surface area contributed by atoms with Crippen molar-refractivity contribution in [2.45, 2.75) is 0 Å². The number of para-hydroxylation sites is 3. The number of hydrogen-bond acceptors (Lipinski definition) is 2. The maximum absolute atomic E-state index is 6.57. The first-order valence-corrected chi connectivity index (χ1v) is 13.4. The zero-order chi connectivity index (χ0) is 25.5. The van der Waals surface area contributed by atoms with Crippen LogP contribution in [0.4, 0.5) is 0 Å². The molecule has 0 N–H and O–H groups in total. The molecule has 0 bridgehead atoms. The Morgan fingerprint density at radius 3 is 1.64 bits per heavy atom. The van der Waals surface area contributed by atoms with E-state index >= 15 is 0 Å². The first kappa shape index (κ1) is 21.0. The predicted octanol–water partition coefficient (Wildman–Crippen LogP) is 7.65. The Balaban J connectivity index is 1.41. The molecular weight excluding hydrogens is 475 g/mol. The lowest BCUT2D eigenvalue weighted by atomic mass is 9.35. The molecule has 0 aliphatic carbocycles. The second-order valence-electron chi connectivity index (χ2n) is 10.4. The number of rotatable bonds is 1. The van der Waals surface area contributed by atoms with Gasteiger partial charge in [0, 0.05) is 21.5 Å². The second kappa shape index (κ2) is 7.75. The molecule has 9 rings (SSSR count). The smallest absolute Gasteiger partial charge is 0.247 e. The number of benzene rings is 6. The van der Waals surface area contributed by atoms with Gasteiger partial charge in [0.25, 0.3) is 0 Å². The minimum absolute atomic E-state index is 0.0112. The van der Waals surface area contributed by atoms with Gasteiger partial charge in [-0.2, -0.15) is 0 Å². The average molecular weight is 496 g/mol. The molecule has 3 heteroatoms. The number of furan rings is 2. The van der Waals surface area contributed by atoms with Gasteiger partial charge in [0.2, 0.25) is 6.71 Å². The van der Waals surface area contributed by atoms with E-state index in [4.69, 9.17) is 8.83 Å². The summed E-state index contributed by atoms with van der Waals surface area (Å²) in [6, 6.07) is 45.4. The van der Waals surface area contributed by atoms with Crippen molar-refractivity contribution < 1.29 is 8.83 Å². The monoisotopic (exact) mass is 496 g/mol. The van der Waals surface area contributed by atoms with Crippen LogP contribution in [0.5, 0.6) is 0 Å². The summed E-state index contributed by atoms with van der Waals surface area (Å²) in [7, 11) is 0. The Morgan fingerprint density at radius 1 is 0.359 bits per heavy atom. The SMILES string of the molecule is c1ccc2c(c1)B(c1cccc3c1oc1ccccc13)c1ccccc1-c1cc3c(cc1-2)oc1ccccc13. The summed E-state index contributed by atoms with van der Waals surface area (Å²) in [6.07, 6.45) is 0. The van der Waals surface area contributed by atoms with E-state index in [0.29, 0.717) is 0 Å². The zero-order valence-corrected chi connectivity index (χ0v) is 21.0. The fraction of sp³-hybridized carbons (Fsp3) is 0. The summed E-state index contributed by atoms with van der Waals surface area (Å²) in [6.45, 7) is 0.0112.